The molecular weight excluding hydrogens is 412 g/mol. The van der Waals surface area contributed by atoms with Crippen LogP contribution in [0.15, 0.2) is 41.6 Å². The Labute approximate surface area is 188 Å². The van der Waals surface area contributed by atoms with Crippen LogP contribution < -0.4 is 10.6 Å². The van der Waals surface area contributed by atoms with E-state index in [9.17, 15) is 14.4 Å². The first kappa shape index (κ1) is 23.6. The number of hydrogen-bond donors (Lipinski definition) is 2. The van der Waals surface area contributed by atoms with Gasteiger partial charge in [0.1, 0.15) is 5.60 Å². The molecule has 174 valence electrons. The van der Waals surface area contributed by atoms with Gasteiger partial charge in [0.15, 0.2) is 0 Å². The molecule has 1 atom stereocenters. The molecule has 1 fully saturated rings. The van der Waals surface area contributed by atoms with Crippen LogP contribution in [0, 0.1) is 0 Å². The lowest BCUT2D eigenvalue weighted by atomic mass is 9.95. The van der Waals surface area contributed by atoms with Gasteiger partial charge in [-0.15, -0.1) is 0 Å². The molecule has 1 aromatic rings. The van der Waals surface area contributed by atoms with Crippen LogP contribution in [0.5, 0.6) is 0 Å². The van der Waals surface area contributed by atoms with Gasteiger partial charge < -0.3 is 25.0 Å². The molecule has 2 aliphatic heterocycles. The van der Waals surface area contributed by atoms with Gasteiger partial charge in [0.25, 0.3) is 0 Å². The summed E-state index contributed by atoms with van der Waals surface area (Å²) < 4.78 is 10.8. The number of piperazine rings is 1. The molecule has 1 aromatic carbocycles. The van der Waals surface area contributed by atoms with Crippen LogP contribution in [0.3, 0.4) is 0 Å². The molecule has 9 heteroatoms. The second-order valence-corrected chi connectivity index (χ2v) is 8.80. The van der Waals surface area contributed by atoms with Crippen molar-refractivity contribution >= 4 is 18.1 Å². The summed E-state index contributed by atoms with van der Waals surface area (Å²) in [5.41, 5.74) is 1.18. The number of amides is 3. The summed E-state index contributed by atoms with van der Waals surface area (Å²) in [6, 6.07) is 8.38. The standard InChI is InChI=1S/C23H32N4O5/c1-5-31-20(28)18-17(24-21(29)25-19(18)16-9-7-6-8-10-16)15-26-11-13-27(14-12-26)22(30)32-23(2,3)4/h6-10,19H,5,11-15H2,1-4H3,(H2,24,25,29)/t19-/m1/s1. The van der Waals surface area contributed by atoms with E-state index in [2.05, 4.69) is 15.5 Å². The molecular formula is C23H32N4O5. The van der Waals surface area contributed by atoms with Crippen LogP contribution in [0.2, 0.25) is 0 Å². The normalized spacial score (nSPS) is 19.8. The largest absolute Gasteiger partial charge is 0.463 e. The van der Waals surface area contributed by atoms with Gasteiger partial charge in [0.2, 0.25) is 0 Å². The van der Waals surface area contributed by atoms with E-state index in [-0.39, 0.29) is 18.7 Å². The Hall–Kier alpha value is -3.07. The van der Waals surface area contributed by atoms with E-state index in [0.717, 1.165) is 5.56 Å². The zero-order chi connectivity index (χ0) is 23.3. The molecule has 0 saturated carbocycles. The summed E-state index contributed by atoms with van der Waals surface area (Å²) in [5, 5.41) is 5.64. The number of ether oxygens (including phenoxy) is 2. The predicted molar refractivity (Wildman–Crippen MR) is 119 cm³/mol. The number of nitrogens with zero attached hydrogens (tertiary/aromatic N) is 2. The Morgan fingerprint density at radius 2 is 1.75 bits per heavy atom. The van der Waals surface area contributed by atoms with Crippen molar-refractivity contribution in [3.8, 4) is 0 Å². The first-order valence-electron chi connectivity index (χ1n) is 10.9. The van der Waals surface area contributed by atoms with Crippen LogP contribution >= 0.6 is 0 Å². The predicted octanol–water partition coefficient (Wildman–Crippen LogP) is 2.41. The summed E-state index contributed by atoms with van der Waals surface area (Å²) in [7, 11) is 0. The van der Waals surface area contributed by atoms with Crippen molar-refractivity contribution in [3.63, 3.8) is 0 Å². The average molecular weight is 445 g/mol. The maximum absolute atomic E-state index is 12.9. The zero-order valence-corrected chi connectivity index (χ0v) is 19.1. The van der Waals surface area contributed by atoms with E-state index in [1.165, 1.54) is 0 Å². The zero-order valence-electron chi connectivity index (χ0n) is 19.1. The molecule has 9 nitrogen and oxygen atoms in total. The topological polar surface area (TPSA) is 100 Å². The first-order chi connectivity index (χ1) is 15.2. The molecule has 32 heavy (non-hydrogen) atoms. The number of carbonyl (C=O) groups excluding carboxylic acids is 3. The van der Waals surface area contributed by atoms with Gasteiger partial charge in [0, 0.05) is 38.4 Å². The number of esters is 1. The third-order valence-corrected chi connectivity index (χ3v) is 5.19. The molecule has 2 N–H and O–H groups in total. The van der Waals surface area contributed by atoms with Gasteiger partial charge in [-0.3, -0.25) is 4.90 Å². The second-order valence-electron chi connectivity index (χ2n) is 8.80. The van der Waals surface area contributed by atoms with Gasteiger partial charge in [-0.2, -0.15) is 0 Å². The first-order valence-corrected chi connectivity index (χ1v) is 10.9. The van der Waals surface area contributed by atoms with Crippen molar-refractivity contribution in [3.05, 3.63) is 47.2 Å². The number of urea groups is 1. The van der Waals surface area contributed by atoms with Crippen LogP contribution in [-0.4, -0.2) is 72.8 Å². The van der Waals surface area contributed by atoms with E-state index in [1.54, 1.807) is 11.8 Å². The highest BCUT2D eigenvalue weighted by molar-refractivity contribution is 5.95. The van der Waals surface area contributed by atoms with Gasteiger partial charge in [-0.25, -0.2) is 14.4 Å². The average Bonchev–Trinajstić information content (AvgIpc) is 2.73. The fourth-order valence-electron chi connectivity index (χ4n) is 3.73. The highest BCUT2D eigenvalue weighted by Crippen LogP contribution is 2.28. The van der Waals surface area contributed by atoms with Crippen molar-refractivity contribution in [2.75, 3.05) is 39.3 Å². The van der Waals surface area contributed by atoms with Gasteiger partial charge in [-0.05, 0) is 33.3 Å². The molecule has 0 bridgehead atoms. The van der Waals surface area contributed by atoms with Crippen LogP contribution in [-0.2, 0) is 14.3 Å². The van der Waals surface area contributed by atoms with E-state index in [1.807, 2.05) is 51.1 Å². The molecule has 0 spiro atoms. The number of carbonyl (C=O) groups is 3. The van der Waals surface area contributed by atoms with Crippen molar-refractivity contribution in [2.45, 2.75) is 39.3 Å². The third kappa shape index (κ3) is 6.00. The van der Waals surface area contributed by atoms with Crippen LogP contribution in [0.25, 0.3) is 0 Å². The fourth-order valence-corrected chi connectivity index (χ4v) is 3.73. The minimum absolute atomic E-state index is 0.236. The second kappa shape index (κ2) is 10.0. The molecule has 2 heterocycles. The van der Waals surface area contributed by atoms with Crippen molar-refractivity contribution in [1.82, 2.24) is 20.4 Å². The van der Waals surface area contributed by atoms with E-state index in [0.29, 0.717) is 44.0 Å². The SMILES string of the molecule is CCOC(=O)C1=C(CN2CCN(C(=O)OC(C)(C)C)CC2)NC(=O)N[C@@H]1c1ccccc1. The van der Waals surface area contributed by atoms with E-state index in [4.69, 9.17) is 9.47 Å². The van der Waals surface area contributed by atoms with Gasteiger partial charge in [-0.1, -0.05) is 30.3 Å². The Bertz CT molecular complexity index is 870. The molecule has 1 saturated heterocycles. The van der Waals surface area contributed by atoms with Gasteiger partial charge in [0.05, 0.1) is 18.2 Å². The fraction of sp³-hybridized carbons (Fsp3) is 0.522. The summed E-state index contributed by atoms with van der Waals surface area (Å²) in [5.74, 6) is -0.462. The molecule has 0 aliphatic carbocycles. The lowest BCUT2D eigenvalue weighted by Gasteiger charge is -2.37. The summed E-state index contributed by atoms with van der Waals surface area (Å²) in [6.07, 6.45) is -0.331. The quantitative estimate of drug-likeness (QED) is 0.677. The Balaban J connectivity index is 1.77. The van der Waals surface area contributed by atoms with Gasteiger partial charge >= 0.3 is 18.1 Å². The van der Waals surface area contributed by atoms with Crippen molar-refractivity contribution in [1.29, 1.82) is 0 Å². The third-order valence-electron chi connectivity index (χ3n) is 5.19. The van der Waals surface area contributed by atoms with Crippen molar-refractivity contribution in [2.24, 2.45) is 0 Å². The number of nitrogens with one attached hydrogen (secondary N) is 2. The molecule has 0 aromatic heterocycles. The van der Waals surface area contributed by atoms with E-state index < -0.39 is 17.6 Å². The summed E-state index contributed by atoms with van der Waals surface area (Å²) in [4.78, 5) is 41.4. The Kier molecular flexibility index (Phi) is 7.40. The molecule has 0 radical (unpaired) electrons. The minimum atomic E-state index is -0.595. The maximum atomic E-state index is 12.9. The summed E-state index contributed by atoms with van der Waals surface area (Å²) >= 11 is 0. The van der Waals surface area contributed by atoms with Crippen LogP contribution in [0.4, 0.5) is 9.59 Å². The maximum Gasteiger partial charge on any atom is 0.410 e. The minimum Gasteiger partial charge on any atom is -0.463 e. The summed E-state index contributed by atoms with van der Waals surface area (Å²) in [6.45, 7) is 10.1. The smallest absolute Gasteiger partial charge is 0.410 e. The number of rotatable bonds is 5. The Morgan fingerprint density at radius 1 is 1.09 bits per heavy atom. The Morgan fingerprint density at radius 3 is 2.34 bits per heavy atom. The lowest BCUT2D eigenvalue weighted by molar-refractivity contribution is -0.139. The highest BCUT2D eigenvalue weighted by Gasteiger charge is 2.35. The van der Waals surface area contributed by atoms with E-state index >= 15 is 0 Å². The van der Waals surface area contributed by atoms with Crippen LogP contribution in [0.1, 0.15) is 39.3 Å². The molecule has 3 amide bonds. The molecule has 0 unspecified atom stereocenters. The molecule has 2 aliphatic rings. The van der Waals surface area contributed by atoms with Crippen molar-refractivity contribution < 1.29 is 23.9 Å². The molecule has 3 rings (SSSR count). The lowest BCUT2D eigenvalue weighted by Crippen LogP contribution is -2.53. The monoisotopic (exact) mass is 444 g/mol. The highest BCUT2D eigenvalue weighted by atomic mass is 16.6. The number of benzene rings is 1. The number of hydrogen-bond acceptors (Lipinski definition) is 6.